The Bertz CT molecular complexity index is 738. The molecule has 1 aromatic heterocycles. The maximum absolute atomic E-state index is 12.7. The Morgan fingerprint density at radius 3 is 2.75 bits per heavy atom. The fourth-order valence-corrected chi connectivity index (χ4v) is 3.22. The Hall–Kier alpha value is -2.28. The second kappa shape index (κ2) is 7.09. The molecule has 2 heterocycles. The summed E-state index contributed by atoms with van der Waals surface area (Å²) in [6.07, 6.45) is 2.84. The van der Waals surface area contributed by atoms with Gasteiger partial charge in [-0.3, -0.25) is 4.79 Å². The van der Waals surface area contributed by atoms with Gasteiger partial charge in [0.15, 0.2) is 0 Å². The van der Waals surface area contributed by atoms with E-state index in [0.717, 1.165) is 43.6 Å². The molecule has 0 unspecified atom stereocenters. The molecule has 0 saturated carbocycles. The van der Waals surface area contributed by atoms with Crippen LogP contribution < -0.4 is 10.6 Å². The molecule has 1 fully saturated rings. The van der Waals surface area contributed by atoms with Crippen LogP contribution in [0.3, 0.4) is 0 Å². The van der Waals surface area contributed by atoms with Crippen molar-refractivity contribution in [1.29, 1.82) is 0 Å². The van der Waals surface area contributed by atoms with Crippen LogP contribution in [0.1, 0.15) is 35.7 Å². The zero-order valence-corrected chi connectivity index (χ0v) is 14.6. The third-order valence-corrected chi connectivity index (χ3v) is 4.43. The summed E-state index contributed by atoms with van der Waals surface area (Å²) in [5, 5.41) is 13.2. The monoisotopic (exact) mass is 348 g/mol. The van der Waals surface area contributed by atoms with Crippen LogP contribution in [0.4, 0.5) is 17.6 Å². The van der Waals surface area contributed by atoms with Crippen molar-refractivity contribution in [1.82, 2.24) is 20.1 Å². The lowest BCUT2D eigenvalue weighted by molar-refractivity contribution is 0.0792. The lowest BCUT2D eigenvalue weighted by Crippen LogP contribution is -2.28. The van der Waals surface area contributed by atoms with Gasteiger partial charge in [-0.25, -0.2) is 5.10 Å². The number of aryl methyl sites for hydroxylation is 1. The highest BCUT2D eigenvalue weighted by molar-refractivity contribution is 6.34. The lowest BCUT2D eigenvalue weighted by atomic mass is 10.0. The second-order valence-electron chi connectivity index (χ2n) is 5.73. The van der Waals surface area contributed by atoms with Gasteiger partial charge in [0.1, 0.15) is 0 Å². The number of nitrogens with one attached hydrogen (secondary N) is 3. The number of H-pyrrole nitrogens is 1. The van der Waals surface area contributed by atoms with Gasteiger partial charge in [-0.15, -0.1) is 5.10 Å². The molecule has 2 aromatic rings. The van der Waals surface area contributed by atoms with Crippen molar-refractivity contribution in [3.05, 3.63) is 28.3 Å². The van der Waals surface area contributed by atoms with E-state index in [-0.39, 0.29) is 5.91 Å². The number of hydrogen-bond donors (Lipinski definition) is 3. The summed E-state index contributed by atoms with van der Waals surface area (Å²) in [7, 11) is 1.75. The fourth-order valence-electron chi connectivity index (χ4n) is 2.90. The van der Waals surface area contributed by atoms with Crippen molar-refractivity contribution < 1.29 is 4.79 Å². The second-order valence-corrected chi connectivity index (χ2v) is 6.13. The topological polar surface area (TPSA) is 85.9 Å². The van der Waals surface area contributed by atoms with Gasteiger partial charge in [0.25, 0.3) is 5.91 Å². The molecule has 128 valence electrons. The first kappa shape index (κ1) is 16.6. The Balaban J connectivity index is 1.87. The van der Waals surface area contributed by atoms with Crippen molar-refractivity contribution in [2.45, 2.75) is 26.2 Å². The SMILES string of the molecule is CCc1cc(Nc2nc(NC)n[nH]2)cc(Cl)c1C(=O)N1CCCC1. The number of carbonyl (C=O) groups is 1. The van der Waals surface area contributed by atoms with E-state index in [1.54, 1.807) is 13.1 Å². The molecule has 3 N–H and O–H groups in total. The van der Waals surface area contributed by atoms with Crippen molar-refractivity contribution in [2.24, 2.45) is 0 Å². The minimum Gasteiger partial charge on any atom is -0.356 e. The first-order valence-electron chi connectivity index (χ1n) is 8.11. The Kier molecular flexibility index (Phi) is 4.89. The molecule has 0 atom stereocenters. The van der Waals surface area contributed by atoms with Gasteiger partial charge in [-0.2, -0.15) is 4.98 Å². The molecular formula is C16H21ClN6O. The van der Waals surface area contributed by atoms with Crippen LogP contribution in [0.2, 0.25) is 5.02 Å². The highest BCUT2D eigenvalue weighted by Gasteiger charge is 2.24. The molecule has 0 bridgehead atoms. The number of nitrogens with zero attached hydrogens (tertiary/aromatic N) is 3. The van der Waals surface area contributed by atoms with Crippen LogP contribution in [0, 0.1) is 0 Å². The minimum atomic E-state index is 0.0260. The molecule has 1 aliphatic heterocycles. The maximum Gasteiger partial charge on any atom is 0.255 e. The summed E-state index contributed by atoms with van der Waals surface area (Å²) in [5.74, 6) is 1.04. The average Bonchev–Trinajstić information content (AvgIpc) is 3.25. The van der Waals surface area contributed by atoms with Gasteiger partial charge < -0.3 is 15.5 Å². The quantitative estimate of drug-likeness (QED) is 0.773. The Labute approximate surface area is 145 Å². The number of carbonyl (C=O) groups excluding carboxylic acids is 1. The maximum atomic E-state index is 12.7. The van der Waals surface area contributed by atoms with Gasteiger partial charge in [-0.05, 0) is 37.0 Å². The van der Waals surface area contributed by atoms with Crippen molar-refractivity contribution in [3.8, 4) is 0 Å². The summed E-state index contributed by atoms with van der Waals surface area (Å²) in [4.78, 5) is 18.8. The number of aromatic amines is 1. The third-order valence-electron chi connectivity index (χ3n) is 4.13. The first-order valence-corrected chi connectivity index (χ1v) is 8.49. The largest absolute Gasteiger partial charge is 0.356 e. The van der Waals surface area contributed by atoms with E-state index >= 15 is 0 Å². The molecule has 7 nitrogen and oxygen atoms in total. The number of rotatable bonds is 5. The van der Waals surface area contributed by atoms with Gasteiger partial charge >= 0.3 is 0 Å². The molecule has 8 heteroatoms. The third kappa shape index (κ3) is 3.31. The molecular weight excluding hydrogens is 328 g/mol. The van der Waals surface area contributed by atoms with E-state index in [1.807, 2.05) is 17.9 Å². The highest BCUT2D eigenvalue weighted by atomic mass is 35.5. The molecule has 3 rings (SSSR count). The van der Waals surface area contributed by atoms with Crippen molar-refractivity contribution >= 4 is 35.1 Å². The number of amides is 1. The van der Waals surface area contributed by atoms with E-state index < -0.39 is 0 Å². The van der Waals surface area contributed by atoms with Crippen LogP contribution >= 0.6 is 11.6 Å². The molecule has 1 saturated heterocycles. The summed E-state index contributed by atoms with van der Waals surface area (Å²) < 4.78 is 0. The summed E-state index contributed by atoms with van der Waals surface area (Å²) in [6, 6.07) is 3.70. The number of hydrogen-bond acceptors (Lipinski definition) is 5. The minimum absolute atomic E-state index is 0.0260. The molecule has 0 aliphatic carbocycles. The normalized spacial score (nSPS) is 14.0. The predicted molar refractivity (Wildman–Crippen MR) is 95.2 cm³/mol. The number of halogens is 1. The van der Waals surface area contributed by atoms with Crippen LogP contribution in [-0.4, -0.2) is 46.1 Å². The van der Waals surface area contributed by atoms with Crippen LogP contribution in [0.5, 0.6) is 0 Å². The molecule has 1 aliphatic rings. The Morgan fingerprint density at radius 2 is 2.12 bits per heavy atom. The average molecular weight is 349 g/mol. The van der Waals surface area contributed by atoms with E-state index in [4.69, 9.17) is 11.6 Å². The van der Waals surface area contributed by atoms with Gasteiger partial charge in [0.2, 0.25) is 11.9 Å². The first-order chi connectivity index (χ1) is 11.6. The number of likely N-dealkylation sites (tertiary alicyclic amines) is 1. The highest BCUT2D eigenvalue weighted by Crippen LogP contribution is 2.29. The van der Waals surface area contributed by atoms with Gasteiger partial charge in [-0.1, -0.05) is 18.5 Å². The van der Waals surface area contributed by atoms with E-state index in [2.05, 4.69) is 25.8 Å². The molecule has 24 heavy (non-hydrogen) atoms. The van der Waals surface area contributed by atoms with Crippen LogP contribution in [0.15, 0.2) is 12.1 Å². The van der Waals surface area contributed by atoms with Gasteiger partial charge in [0.05, 0.1) is 10.6 Å². The van der Waals surface area contributed by atoms with E-state index in [1.165, 1.54) is 0 Å². The molecule has 1 amide bonds. The van der Waals surface area contributed by atoms with Crippen molar-refractivity contribution in [3.63, 3.8) is 0 Å². The standard InChI is InChI=1S/C16H21ClN6O/c1-3-10-8-11(19-16-20-15(18-2)21-22-16)9-12(17)13(10)14(24)23-6-4-5-7-23/h8-9H,3-7H2,1-2H3,(H3,18,19,20,21,22). The zero-order chi connectivity index (χ0) is 17.1. The van der Waals surface area contributed by atoms with E-state index in [9.17, 15) is 4.79 Å². The number of anilines is 3. The molecule has 0 radical (unpaired) electrons. The van der Waals surface area contributed by atoms with Gasteiger partial charge in [0, 0.05) is 25.8 Å². The summed E-state index contributed by atoms with van der Waals surface area (Å²) in [6.45, 7) is 3.64. The summed E-state index contributed by atoms with van der Waals surface area (Å²) >= 11 is 6.44. The number of aromatic nitrogens is 3. The molecule has 0 spiro atoms. The lowest BCUT2D eigenvalue weighted by Gasteiger charge is -2.19. The smallest absolute Gasteiger partial charge is 0.255 e. The molecule has 1 aromatic carbocycles. The number of benzene rings is 1. The van der Waals surface area contributed by atoms with E-state index in [0.29, 0.717) is 22.5 Å². The van der Waals surface area contributed by atoms with Crippen LogP contribution in [0.25, 0.3) is 0 Å². The predicted octanol–water partition coefficient (Wildman–Crippen LogP) is 3.04. The van der Waals surface area contributed by atoms with Crippen LogP contribution in [-0.2, 0) is 6.42 Å². The fraction of sp³-hybridized carbons (Fsp3) is 0.438. The Morgan fingerprint density at radius 1 is 1.38 bits per heavy atom. The summed E-state index contributed by atoms with van der Waals surface area (Å²) in [5.41, 5.74) is 2.31. The zero-order valence-electron chi connectivity index (χ0n) is 13.8. The van der Waals surface area contributed by atoms with Crippen molar-refractivity contribution in [2.75, 3.05) is 30.8 Å².